The summed E-state index contributed by atoms with van der Waals surface area (Å²) in [6, 6.07) is 16.4. The van der Waals surface area contributed by atoms with E-state index in [2.05, 4.69) is 0 Å². The van der Waals surface area contributed by atoms with Gasteiger partial charge in [0, 0.05) is 5.69 Å². The minimum Gasteiger partial charge on any atom is -0.494 e. The lowest BCUT2D eigenvalue weighted by Gasteiger charge is -2.25. The van der Waals surface area contributed by atoms with Gasteiger partial charge in [-0.2, -0.15) is 0 Å². The van der Waals surface area contributed by atoms with Gasteiger partial charge in [-0.15, -0.1) is 0 Å². The van der Waals surface area contributed by atoms with Gasteiger partial charge in [-0.05, 0) is 73.0 Å². The van der Waals surface area contributed by atoms with E-state index >= 15 is 0 Å². The summed E-state index contributed by atoms with van der Waals surface area (Å²) in [5.74, 6) is -0.974. The smallest absolute Gasteiger partial charge is 0.338 e. The molecule has 1 amide bonds. The van der Waals surface area contributed by atoms with Crippen LogP contribution in [0.4, 0.5) is 10.1 Å². The lowest BCUT2D eigenvalue weighted by molar-refractivity contribution is 0.0499. The number of hydrogen-bond acceptors (Lipinski definition) is 6. The average molecular weight is 530 g/mol. The molecule has 0 spiro atoms. The molecule has 1 atom stereocenters. The van der Waals surface area contributed by atoms with Crippen LogP contribution < -0.4 is 15.1 Å². The number of ether oxygens (including phenoxy) is 2. The zero-order valence-corrected chi connectivity index (χ0v) is 21.7. The Bertz CT molecular complexity index is 1580. The first kappa shape index (κ1) is 26.2. The van der Waals surface area contributed by atoms with E-state index in [0.717, 1.165) is 25.3 Å². The number of rotatable bonds is 9. The molecule has 1 aliphatic rings. The summed E-state index contributed by atoms with van der Waals surface area (Å²) in [5.41, 5.74) is 1.24. The SMILES string of the molecule is CCCCOC(=O)c1ccc(N2C(=O)c3oc4ccc(F)cc4c(=O)c3C2c2ccc(OCCC)cc2)cc1. The maximum absolute atomic E-state index is 14.0. The number of unbranched alkanes of at least 4 members (excludes halogenated alkanes) is 1. The van der Waals surface area contributed by atoms with Crippen LogP contribution in [0.3, 0.4) is 0 Å². The van der Waals surface area contributed by atoms with Crippen LogP contribution in [0.5, 0.6) is 5.75 Å². The van der Waals surface area contributed by atoms with E-state index in [1.807, 2.05) is 13.8 Å². The van der Waals surface area contributed by atoms with Crippen molar-refractivity contribution in [1.82, 2.24) is 0 Å². The van der Waals surface area contributed by atoms with Gasteiger partial charge < -0.3 is 13.9 Å². The highest BCUT2D eigenvalue weighted by molar-refractivity contribution is 6.10. The van der Waals surface area contributed by atoms with Crippen molar-refractivity contribution in [3.8, 4) is 5.75 Å². The van der Waals surface area contributed by atoms with Gasteiger partial charge in [-0.3, -0.25) is 14.5 Å². The molecule has 4 aromatic rings. The van der Waals surface area contributed by atoms with Gasteiger partial charge in [0.25, 0.3) is 5.91 Å². The third kappa shape index (κ3) is 5.02. The van der Waals surface area contributed by atoms with E-state index in [1.165, 1.54) is 17.0 Å². The molecule has 0 radical (unpaired) electrons. The number of nitrogens with zero attached hydrogens (tertiary/aromatic N) is 1. The second-order valence-electron chi connectivity index (χ2n) is 9.35. The fourth-order valence-corrected chi connectivity index (χ4v) is 4.64. The van der Waals surface area contributed by atoms with Crippen molar-refractivity contribution in [1.29, 1.82) is 0 Å². The Morgan fingerprint density at radius 3 is 2.38 bits per heavy atom. The summed E-state index contributed by atoms with van der Waals surface area (Å²) in [5, 5.41) is 0.0569. The first-order valence-electron chi connectivity index (χ1n) is 13.0. The number of fused-ring (bicyclic) bond motifs is 2. The molecule has 3 aromatic carbocycles. The lowest BCUT2D eigenvalue weighted by Crippen LogP contribution is -2.29. The normalized spacial score (nSPS) is 14.5. The molecule has 200 valence electrons. The summed E-state index contributed by atoms with van der Waals surface area (Å²) >= 11 is 0. The predicted molar refractivity (Wildman–Crippen MR) is 145 cm³/mol. The van der Waals surface area contributed by atoms with E-state index < -0.39 is 29.2 Å². The van der Waals surface area contributed by atoms with Crippen LogP contribution in [0.2, 0.25) is 0 Å². The average Bonchev–Trinajstić information content (AvgIpc) is 3.25. The van der Waals surface area contributed by atoms with Crippen molar-refractivity contribution in [2.45, 2.75) is 39.2 Å². The largest absolute Gasteiger partial charge is 0.494 e. The Morgan fingerprint density at radius 2 is 1.69 bits per heavy atom. The Hall–Kier alpha value is -4.46. The van der Waals surface area contributed by atoms with Crippen LogP contribution in [0, 0.1) is 5.82 Å². The minimum atomic E-state index is -0.834. The van der Waals surface area contributed by atoms with E-state index in [-0.39, 0.29) is 22.3 Å². The number of carbonyl (C=O) groups excluding carboxylic acids is 2. The molecule has 8 heteroatoms. The summed E-state index contributed by atoms with van der Waals surface area (Å²) < 4.78 is 30.9. The lowest BCUT2D eigenvalue weighted by atomic mass is 9.98. The molecule has 0 N–H and O–H groups in total. The molecule has 0 aliphatic carbocycles. The zero-order valence-electron chi connectivity index (χ0n) is 21.7. The summed E-state index contributed by atoms with van der Waals surface area (Å²) in [4.78, 5) is 41.3. The van der Waals surface area contributed by atoms with Gasteiger partial charge in [0.1, 0.15) is 17.1 Å². The van der Waals surface area contributed by atoms with Crippen molar-refractivity contribution in [2.24, 2.45) is 0 Å². The number of amides is 1. The van der Waals surface area contributed by atoms with Crippen molar-refractivity contribution < 1.29 is 27.9 Å². The Morgan fingerprint density at radius 1 is 0.949 bits per heavy atom. The Kier molecular flexibility index (Phi) is 7.45. The molecule has 7 nitrogen and oxygen atoms in total. The molecule has 5 rings (SSSR count). The van der Waals surface area contributed by atoms with Crippen molar-refractivity contribution in [2.75, 3.05) is 18.1 Å². The predicted octanol–water partition coefficient (Wildman–Crippen LogP) is 6.43. The molecule has 1 unspecified atom stereocenters. The summed E-state index contributed by atoms with van der Waals surface area (Å²) in [6.07, 6.45) is 2.53. The topological polar surface area (TPSA) is 86.0 Å². The summed E-state index contributed by atoms with van der Waals surface area (Å²) in [6.45, 7) is 4.91. The van der Waals surface area contributed by atoms with Gasteiger partial charge >= 0.3 is 5.97 Å². The molecule has 0 fully saturated rings. The first-order valence-corrected chi connectivity index (χ1v) is 13.0. The maximum atomic E-state index is 14.0. The third-order valence-corrected chi connectivity index (χ3v) is 6.61. The Labute approximate surface area is 224 Å². The highest BCUT2D eigenvalue weighted by atomic mass is 19.1. The van der Waals surface area contributed by atoms with E-state index in [1.54, 1.807) is 48.5 Å². The van der Waals surface area contributed by atoms with Crippen LogP contribution in [0.1, 0.15) is 71.2 Å². The molecule has 0 saturated carbocycles. The number of halogens is 1. The second kappa shape index (κ2) is 11.1. The molecule has 0 saturated heterocycles. The fourth-order valence-electron chi connectivity index (χ4n) is 4.64. The number of anilines is 1. The highest BCUT2D eigenvalue weighted by Gasteiger charge is 2.43. The van der Waals surface area contributed by atoms with Crippen LogP contribution in [0.15, 0.2) is 75.9 Å². The van der Waals surface area contributed by atoms with Crippen LogP contribution >= 0.6 is 0 Å². The van der Waals surface area contributed by atoms with Crippen molar-refractivity contribution in [3.63, 3.8) is 0 Å². The number of benzene rings is 3. The molecule has 39 heavy (non-hydrogen) atoms. The molecule has 2 heterocycles. The number of esters is 1. The number of carbonyl (C=O) groups is 2. The van der Waals surface area contributed by atoms with Crippen molar-refractivity contribution >= 4 is 28.5 Å². The molecular weight excluding hydrogens is 501 g/mol. The molecule has 1 aromatic heterocycles. The maximum Gasteiger partial charge on any atom is 0.338 e. The van der Waals surface area contributed by atoms with Gasteiger partial charge in [-0.25, -0.2) is 9.18 Å². The van der Waals surface area contributed by atoms with E-state index in [0.29, 0.717) is 35.8 Å². The van der Waals surface area contributed by atoms with Crippen LogP contribution in [-0.4, -0.2) is 25.1 Å². The molecule has 0 bridgehead atoms. The Balaban J connectivity index is 1.59. The van der Waals surface area contributed by atoms with E-state index in [9.17, 15) is 18.8 Å². The molecular formula is C31H28FNO6. The monoisotopic (exact) mass is 529 g/mol. The zero-order chi connectivity index (χ0) is 27.5. The van der Waals surface area contributed by atoms with Crippen molar-refractivity contribution in [3.05, 3.63) is 105 Å². The highest BCUT2D eigenvalue weighted by Crippen LogP contribution is 2.41. The first-order chi connectivity index (χ1) is 18.9. The molecule has 1 aliphatic heterocycles. The fraction of sp³-hybridized carbons (Fsp3) is 0.258. The van der Waals surface area contributed by atoms with Gasteiger partial charge in [0.05, 0.1) is 35.8 Å². The second-order valence-corrected chi connectivity index (χ2v) is 9.35. The van der Waals surface area contributed by atoms with Crippen LogP contribution in [0.25, 0.3) is 11.0 Å². The third-order valence-electron chi connectivity index (χ3n) is 6.61. The van der Waals surface area contributed by atoms with Gasteiger partial charge in [-0.1, -0.05) is 32.4 Å². The summed E-state index contributed by atoms with van der Waals surface area (Å²) in [7, 11) is 0. The van der Waals surface area contributed by atoms with Gasteiger partial charge in [0.2, 0.25) is 5.76 Å². The minimum absolute atomic E-state index is 0.0569. The van der Waals surface area contributed by atoms with E-state index in [4.69, 9.17) is 13.9 Å². The standard InChI is InChI=1S/C31H28FNO6/c1-3-5-17-38-31(36)20-6-11-22(12-7-20)33-27(19-8-13-23(14-9-19)37-16-4-2)26-28(34)24-18-21(32)10-15-25(24)39-29(26)30(33)35/h6-15,18,27H,3-5,16-17H2,1-2H3. The quantitative estimate of drug-likeness (QED) is 0.184. The number of hydrogen-bond donors (Lipinski definition) is 0. The van der Waals surface area contributed by atoms with Gasteiger partial charge in [0.15, 0.2) is 5.43 Å². The van der Waals surface area contributed by atoms with Crippen LogP contribution in [-0.2, 0) is 4.74 Å².